The topological polar surface area (TPSA) is 12.5 Å². The number of para-hydroxylation sites is 3. The fourth-order valence-electron chi connectivity index (χ4n) is 9.53. The molecule has 9 aromatic rings. The van der Waals surface area contributed by atoms with E-state index in [0.717, 1.165) is 28.6 Å². The summed E-state index contributed by atoms with van der Waals surface area (Å²) in [5, 5.41) is 6.82. The largest absolute Gasteiger partial charge is 0.457 e. The third-order valence-corrected chi connectivity index (χ3v) is 15.2. The number of nitrogens with zero attached hydrogens (tertiary/aromatic N) is 1. The van der Waals surface area contributed by atoms with Crippen molar-refractivity contribution in [1.82, 2.24) is 0 Å². The average molecular weight is 732 g/mol. The first-order chi connectivity index (χ1) is 27.8. The van der Waals surface area contributed by atoms with E-state index in [-0.39, 0.29) is 0 Å². The lowest BCUT2D eigenvalue weighted by Crippen LogP contribution is -2.62. The second-order valence-electron chi connectivity index (χ2n) is 14.8. The molecule has 0 bridgehead atoms. The summed E-state index contributed by atoms with van der Waals surface area (Å²) in [6.45, 7) is 0. The molecule has 1 atom stereocenters. The fourth-order valence-corrected chi connectivity index (χ4v) is 13.0. The third kappa shape index (κ3) is 4.95. The number of ether oxygens (including phenoxy) is 1. The van der Waals surface area contributed by atoms with Crippen molar-refractivity contribution in [2.45, 2.75) is 5.41 Å². The van der Waals surface area contributed by atoms with Crippen LogP contribution in [-0.4, -0.2) is 8.80 Å². The summed E-state index contributed by atoms with van der Waals surface area (Å²) in [4.78, 5) is 2.41. The first-order valence-electron chi connectivity index (χ1n) is 19.4. The molecule has 0 saturated heterocycles. The van der Waals surface area contributed by atoms with E-state index in [1.165, 1.54) is 59.7 Å². The van der Waals surface area contributed by atoms with E-state index in [4.69, 9.17) is 4.74 Å². The van der Waals surface area contributed by atoms with E-state index in [1.807, 2.05) is 0 Å². The molecule has 9 aromatic carbocycles. The van der Waals surface area contributed by atoms with E-state index < -0.39 is 14.2 Å². The molecule has 56 heavy (non-hydrogen) atoms. The SMILES string of the molecule is c1ccc(N(c2ccc(-c3cccc4ccccc34)cc2)c2ccc3c(c2)C2(c4ccccc4Oc4ccccc42)c2ccccc2[SiH]3c2ccccc2)cc1. The third-order valence-electron chi connectivity index (χ3n) is 11.9. The summed E-state index contributed by atoms with van der Waals surface area (Å²) < 4.78 is 6.74. The van der Waals surface area contributed by atoms with E-state index in [9.17, 15) is 0 Å². The quantitative estimate of drug-likeness (QED) is 0.163. The van der Waals surface area contributed by atoms with Crippen molar-refractivity contribution < 1.29 is 4.74 Å². The number of hydrogen-bond donors (Lipinski definition) is 0. The Kier molecular flexibility index (Phi) is 7.61. The van der Waals surface area contributed by atoms with Gasteiger partial charge in [0, 0.05) is 28.2 Å². The van der Waals surface area contributed by atoms with Crippen LogP contribution in [0.15, 0.2) is 218 Å². The van der Waals surface area contributed by atoms with Crippen molar-refractivity contribution >= 4 is 52.2 Å². The average Bonchev–Trinajstić information content (AvgIpc) is 3.27. The Bertz CT molecular complexity index is 2850. The van der Waals surface area contributed by atoms with E-state index >= 15 is 0 Å². The standard InChI is InChI=1S/C53H37NOSi/c1-3-18-39(19-4-1)54(40-32-30-38(31-33-40)44-23-15-17-37-16-7-8-22-43(37)44)41-34-35-52-48(36-41)53(45-24-9-12-27-49(45)55-50-28-13-10-25-46(50)53)47-26-11-14-29-51(47)56(52)42-20-5-2-6-21-42/h1-36,56H. The first kappa shape index (κ1) is 32.5. The summed E-state index contributed by atoms with van der Waals surface area (Å²) in [7, 11) is -1.93. The molecule has 2 aliphatic heterocycles. The predicted molar refractivity (Wildman–Crippen MR) is 235 cm³/mol. The number of benzene rings is 9. The molecular formula is C53H37NOSi. The molecule has 1 spiro atoms. The van der Waals surface area contributed by atoms with Crippen molar-refractivity contribution in [1.29, 1.82) is 0 Å². The van der Waals surface area contributed by atoms with Crippen molar-refractivity contribution in [3.05, 3.63) is 241 Å². The van der Waals surface area contributed by atoms with Gasteiger partial charge in [0.2, 0.25) is 0 Å². The highest BCUT2D eigenvalue weighted by Crippen LogP contribution is 2.56. The van der Waals surface area contributed by atoms with E-state index in [1.54, 1.807) is 0 Å². The lowest BCUT2D eigenvalue weighted by atomic mass is 9.63. The van der Waals surface area contributed by atoms with Gasteiger partial charge in [0.1, 0.15) is 20.3 Å². The van der Waals surface area contributed by atoms with Crippen molar-refractivity contribution in [2.75, 3.05) is 4.90 Å². The molecule has 1 unspecified atom stereocenters. The molecule has 0 aliphatic carbocycles. The zero-order valence-electron chi connectivity index (χ0n) is 30.7. The summed E-state index contributed by atoms with van der Waals surface area (Å²) in [6, 6.07) is 80.1. The molecule has 3 heteroatoms. The van der Waals surface area contributed by atoms with Crippen LogP contribution in [0.25, 0.3) is 21.9 Å². The van der Waals surface area contributed by atoms with Gasteiger partial charge in [-0.2, -0.15) is 0 Å². The van der Waals surface area contributed by atoms with Gasteiger partial charge in [-0.3, -0.25) is 0 Å². The minimum absolute atomic E-state index is 0.591. The number of anilines is 3. The number of hydrogen-bond acceptors (Lipinski definition) is 2. The normalized spacial score (nSPS) is 14.5. The summed E-state index contributed by atoms with van der Waals surface area (Å²) >= 11 is 0. The molecule has 0 radical (unpaired) electrons. The number of fused-ring (bicyclic) bond motifs is 9. The van der Waals surface area contributed by atoms with Gasteiger partial charge in [0.25, 0.3) is 0 Å². The van der Waals surface area contributed by atoms with Crippen LogP contribution in [0.5, 0.6) is 11.5 Å². The maximum Gasteiger partial charge on any atom is 0.133 e. The predicted octanol–water partition coefficient (Wildman–Crippen LogP) is 11.0. The van der Waals surface area contributed by atoms with Gasteiger partial charge in [-0.05, 0) is 91.9 Å². The molecule has 0 N–H and O–H groups in total. The Balaban J connectivity index is 1.17. The van der Waals surface area contributed by atoms with Gasteiger partial charge >= 0.3 is 0 Å². The zero-order chi connectivity index (χ0) is 37.1. The van der Waals surface area contributed by atoms with Gasteiger partial charge in [0.15, 0.2) is 0 Å². The van der Waals surface area contributed by atoms with E-state index in [0.29, 0.717) is 0 Å². The van der Waals surface area contributed by atoms with Crippen LogP contribution in [0.3, 0.4) is 0 Å². The fraction of sp³-hybridized carbons (Fsp3) is 0.0189. The lowest BCUT2D eigenvalue weighted by Gasteiger charge is -2.47. The Labute approximate surface area is 329 Å². The monoisotopic (exact) mass is 731 g/mol. The summed E-state index contributed by atoms with van der Waals surface area (Å²) in [6.07, 6.45) is 0. The van der Waals surface area contributed by atoms with Gasteiger partial charge in [-0.25, -0.2) is 0 Å². The van der Waals surface area contributed by atoms with Crippen LogP contribution in [0, 0.1) is 0 Å². The molecule has 2 nitrogen and oxygen atoms in total. The minimum atomic E-state index is -1.93. The molecule has 0 fully saturated rings. The second-order valence-corrected chi connectivity index (χ2v) is 17.6. The number of rotatable bonds is 5. The highest BCUT2D eigenvalue weighted by molar-refractivity contribution is 6.96. The maximum atomic E-state index is 6.74. The highest BCUT2D eigenvalue weighted by Gasteiger charge is 2.51. The van der Waals surface area contributed by atoms with Crippen LogP contribution in [0.4, 0.5) is 17.1 Å². The van der Waals surface area contributed by atoms with Gasteiger partial charge in [-0.1, -0.05) is 175 Å². The minimum Gasteiger partial charge on any atom is -0.457 e. The zero-order valence-corrected chi connectivity index (χ0v) is 31.9. The van der Waals surface area contributed by atoms with Crippen LogP contribution in [-0.2, 0) is 5.41 Å². The highest BCUT2D eigenvalue weighted by atomic mass is 28.3. The lowest BCUT2D eigenvalue weighted by molar-refractivity contribution is 0.435. The molecule has 2 heterocycles. The van der Waals surface area contributed by atoms with Gasteiger partial charge in [0.05, 0.1) is 5.41 Å². The summed E-state index contributed by atoms with van der Waals surface area (Å²) in [5.41, 5.74) is 10.2. The molecule has 264 valence electrons. The van der Waals surface area contributed by atoms with Crippen LogP contribution in [0.2, 0.25) is 0 Å². The van der Waals surface area contributed by atoms with Gasteiger partial charge < -0.3 is 9.64 Å². The molecule has 0 aromatic heterocycles. The Morgan fingerprint density at radius 2 is 0.946 bits per heavy atom. The van der Waals surface area contributed by atoms with E-state index in [2.05, 4.69) is 223 Å². The van der Waals surface area contributed by atoms with Crippen LogP contribution < -0.4 is 25.2 Å². The van der Waals surface area contributed by atoms with Crippen molar-refractivity contribution in [3.8, 4) is 22.6 Å². The Morgan fingerprint density at radius 1 is 0.393 bits per heavy atom. The first-order valence-corrected chi connectivity index (χ1v) is 21.1. The maximum absolute atomic E-state index is 6.74. The molecule has 0 amide bonds. The molecular weight excluding hydrogens is 695 g/mol. The molecule has 0 saturated carbocycles. The van der Waals surface area contributed by atoms with Crippen LogP contribution >= 0.6 is 0 Å². The Hall–Kier alpha value is -6.94. The second kappa shape index (κ2) is 13.1. The van der Waals surface area contributed by atoms with Crippen molar-refractivity contribution in [2.24, 2.45) is 0 Å². The Morgan fingerprint density at radius 3 is 1.70 bits per heavy atom. The smallest absolute Gasteiger partial charge is 0.133 e. The van der Waals surface area contributed by atoms with Crippen molar-refractivity contribution in [3.63, 3.8) is 0 Å². The van der Waals surface area contributed by atoms with Gasteiger partial charge in [-0.15, -0.1) is 0 Å². The molecule has 2 aliphatic rings. The van der Waals surface area contributed by atoms with Crippen LogP contribution in [0.1, 0.15) is 22.3 Å². The molecule has 11 rings (SSSR count). The summed E-state index contributed by atoms with van der Waals surface area (Å²) in [5.74, 6) is 1.81.